The van der Waals surface area contributed by atoms with E-state index in [9.17, 15) is 0 Å². The van der Waals surface area contributed by atoms with Crippen LogP contribution in [-0.2, 0) is 0 Å². The number of rotatable bonds is 4. The quantitative estimate of drug-likeness (QED) is 0.713. The van der Waals surface area contributed by atoms with Crippen LogP contribution in [0.2, 0.25) is 0 Å². The highest BCUT2D eigenvalue weighted by Crippen LogP contribution is 2.33. The summed E-state index contributed by atoms with van der Waals surface area (Å²) < 4.78 is 5.96. The first-order valence-electron chi connectivity index (χ1n) is 8.96. The van der Waals surface area contributed by atoms with Crippen molar-refractivity contribution in [3.05, 3.63) is 66.0 Å². The van der Waals surface area contributed by atoms with E-state index in [0.717, 1.165) is 30.0 Å². The lowest BCUT2D eigenvalue weighted by Gasteiger charge is -2.15. The van der Waals surface area contributed by atoms with Gasteiger partial charge in [0.05, 0.1) is 5.69 Å². The van der Waals surface area contributed by atoms with Gasteiger partial charge in [-0.25, -0.2) is 0 Å². The smallest absolute Gasteiger partial charge is 0.131 e. The van der Waals surface area contributed by atoms with Crippen LogP contribution in [0.25, 0.3) is 5.57 Å². The van der Waals surface area contributed by atoms with Gasteiger partial charge in [-0.1, -0.05) is 44.6 Å². The van der Waals surface area contributed by atoms with E-state index in [4.69, 9.17) is 10.5 Å². The Morgan fingerprint density at radius 2 is 1.96 bits per heavy atom. The van der Waals surface area contributed by atoms with Gasteiger partial charge < -0.3 is 10.5 Å². The molecule has 0 bridgehead atoms. The highest BCUT2D eigenvalue weighted by Gasteiger charge is 2.17. The average molecular weight is 334 g/mol. The van der Waals surface area contributed by atoms with E-state index in [0.29, 0.717) is 17.5 Å². The Hall–Kier alpha value is -2.55. The van der Waals surface area contributed by atoms with E-state index in [1.165, 1.54) is 11.1 Å². The van der Waals surface area contributed by atoms with E-state index >= 15 is 0 Å². The SMILES string of the molecule is CCC1=CC(c2cc(Oc3cccc(N)c3)ccn2)=CC(C)C(C)C1. The predicted molar refractivity (Wildman–Crippen MR) is 104 cm³/mol. The fourth-order valence-corrected chi connectivity index (χ4v) is 3.13. The maximum Gasteiger partial charge on any atom is 0.131 e. The van der Waals surface area contributed by atoms with Crippen LogP contribution in [0.3, 0.4) is 0 Å². The van der Waals surface area contributed by atoms with Crippen LogP contribution >= 0.6 is 0 Å². The van der Waals surface area contributed by atoms with Crippen molar-refractivity contribution in [3.63, 3.8) is 0 Å². The van der Waals surface area contributed by atoms with Gasteiger partial charge in [0.1, 0.15) is 11.5 Å². The zero-order chi connectivity index (χ0) is 17.8. The van der Waals surface area contributed by atoms with Gasteiger partial charge in [0, 0.05) is 24.0 Å². The number of nitrogens with zero attached hydrogens (tertiary/aromatic N) is 1. The van der Waals surface area contributed by atoms with Crippen molar-refractivity contribution >= 4 is 11.3 Å². The minimum Gasteiger partial charge on any atom is -0.457 e. The zero-order valence-electron chi connectivity index (χ0n) is 15.2. The fourth-order valence-electron chi connectivity index (χ4n) is 3.13. The maximum absolute atomic E-state index is 5.96. The fraction of sp³-hybridized carbons (Fsp3) is 0.318. The Morgan fingerprint density at radius 3 is 2.72 bits per heavy atom. The molecular formula is C22H26N2O. The molecule has 3 nitrogen and oxygen atoms in total. The van der Waals surface area contributed by atoms with Gasteiger partial charge in [-0.05, 0) is 48.4 Å². The maximum atomic E-state index is 5.96. The summed E-state index contributed by atoms with van der Waals surface area (Å²) in [6.45, 7) is 6.82. The lowest BCUT2D eigenvalue weighted by Crippen LogP contribution is -2.04. The van der Waals surface area contributed by atoms with E-state index in [2.05, 4.69) is 37.9 Å². The summed E-state index contributed by atoms with van der Waals surface area (Å²) in [6.07, 6.45) is 8.66. The number of nitrogens with two attached hydrogens (primary N) is 1. The predicted octanol–water partition coefficient (Wildman–Crippen LogP) is 5.85. The van der Waals surface area contributed by atoms with Crippen molar-refractivity contribution in [3.8, 4) is 11.5 Å². The van der Waals surface area contributed by atoms with Gasteiger partial charge in [0.2, 0.25) is 0 Å². The van der Waals surface area contributed by atoms with Gasteiger partial charge in [-0.15, -0.1) is 0 Å². The number of allylic oxidation sites excluding steroid dienone is 4. The highest BCUT2D eigenvalue weighted by molar-refractivity contribution is 5.73. The number of hydrogen-bond donors (Lipinski definition) is 1. The van der Waals surface area contributed by atoms with Gasteiger partial charge in [0.15, 0.2) is 0 Å². The molecule has 0 aliphatic heterocycles. The van der Waals surface area contributed by atoms with Crippen molar-refractivity contribution in [2.24, 2.45) is 11.8 Å². The monoisotopic (exact) mass is 334 g/mol. The van der Waals surface area contributed by atoms with Crippen molar-refractivity contribution < 1.29 is 4.74 Å². The summed E-state index contributed by atoms with van der Waals surface area (Å²) in [5, 5.41) is 0. The van der Waals surface area contributed by atoms with E-state index < -0.39 is 0 Å². The summed E-state index contributed by atoms with van der Waals surface area (Å²) in [7, 11) is 0. The lowest BCUT2D eigenvalue weighted by atomic mass is 9.90. The Labute approximate surface area is 150 Å². The molecule has 3 rings (SSSR count). The Morgan fingerprint density at radius 1 is 1.16 bits per heavy atom. The molecule has 2 atom stereocenters. The van der Waals surface area contributed by atoms with E-state index in [1.54, 1.807) is 6.20 Å². The van der Waals surface area contributed by atoms with E-state index in [-0.39, 0.29) is 0 Å². The molecule has 1 aromatic heterocycles. The topological polar surface area (TPSA) is 48.1 Å². The molecular weight excluding hydrogens is 308 g/mol. The van der Waals surface area contributed by atoms with Crippen molar-refractivity contribution in [2.75, 3.05) is 5.73 Å². The standard InChI is InChI=1S/C22H26N2O/c1-4-17-10-15(2)16(3)11-18(12-17)22-14-21(8-9-24-22)25-20-7-5-6-19(23)13-20/h5-9,11-16H,4,10,23H2,1-3H3. The van der Waals surface area contributed by atoms with Crippen molar-refractivity contribution in [2.45, 2.75) is 33.6 Å². The Bertz CT molecular complexity index is 807. The van der Waals surface area contributed by atoms with Crippen LogP contribution in [0.5, 0.6) is 11.5 Å². The van der Waals surface area contributed by atoms with Crippen LogP contribution in [0.4, 0.5) is 5.69 Å². The second-order valence-electron chi connectivity index (χ2n) is 6.87. The van der Waals surface area contributed by atoms with Crippen LogP contribution in [0, 0.1) is 11.8 Å². The molecule has 2 N–H and O–H groups in total. The molecule has 0 fully saturated rings. The zero-order valence-corrected chi connectivity index (χ0v) is 15.2. The molecule has 1 heterocycles. The molecule has 0 radical (unpaired) electrons. The highest BCUT2D eigenvalue weighted by atomic mass is 16.5. The molecule has 3 heteroatoms. The summed E-state index contributed by atoms with van der Waals surface area (Å²) >= 11 is 0. The largest absolute Gasteiger partial charge is 0.457 e. The average Bonchev–Trinajstić information content (AvgIpc) is 2.74. The van der Waals surface area contributed by atoms with Gasteiger partial charge in [-0.3, -0.25) is 4.98 Å². The van der Waals surface area contributed by atoms with Crippen LogP contribution in [-0.4, -0.2) is 4.98 Å². The molecule has 2 aromatic rings. The molecule has 1 aliphatic carbocycles. The normalized spacial score (nSPS) is 20.4. The van der Waals surface area contributed by atoms with Crippen molar-refractivity contribution in [1.29, 1.82) is 0 Å². The van der Waals surface area contributed by atoms with Gasteiger partial charge in [-0.2, -0.15) is 0 Å². The first kappa shape index (κ1) is 17.3. The molecule has 1 aromatic carbocycles. The number of pyridine rings is 1. The van der Waals surface area contributed by atoms with Crippen LogP contribution in [0.1, 0.15) is 39.3 Å². The Kier molecular flexibility index (Phi) is 5.22. The molecule has 130 valence electrons. The van der Waals surface area contributed by atoms with Crippen LogP contribution in [0.15, 0.2) is 60.3 Å². The number of hydrogen-bond acceptors (Lipinski definition) is 3. The molecule has 0 amide bonds. The number of aromatic nitrogens is 1. The summed E-state index contributed by atoms with van der Waals surface area (Å²) in [4.78, 5) is 4.57. The molecule has 25 heavy (non-hydrogen) atoms. The molecule has 0 spiro atoms. The van der Waals surface area contributed by atoms with Gasteiger partial charge in [0.25, 0.3) is 0 Å². The lowest BCUT2D eigenvalue weighted by molar-refractivity contribution is 0.456. The van der Waals surface area contributed by atoms with Crippen molar-refractivity contribution in [1.82, 2.24) is 4.98 Å². The number of ether oxygens (including phenoxy) is 1. The Balaban J connectivity index is 1.91. The third-order valence-electron chi connectivity index (χ3n) is 4.86. The minimum atomic E-state index is 0.524. The number of benzene rings is 1. The first-order chi connectivity index (χ1) is 12.0. The summed E-state index contributed by atoms with van der Waals surface area (Å²) in [5.41, 5.74) is 10.1. The second kappa shape index (κ2) is 7.56. The number of nitrogen functional groups attached to an aromatic ring is 1. The second-order valence-corrected chi connectivity index (χ2v) is 6.87. The minimum absolute atomic E-state index is 0.524. The van der Waals surface area contributed by atoms with Crippen LogP contribution < -0.4 is 10.5 Å². The van der Waals surface area contributed by atoms with Gasteiger partial charge >= 0.3 is 0 Å². The summed E-state index contributed by atoms with van der Waals surface area (Å²) in [5.74, 6) is 2.68. The molecule has 1 aliphatic rings. The number of anilines is 1. The third kappa shape index (κ3) is 4.30. The summed E-state index contributed by atoms with van der Waals surface area (Å²) in [6, 6.07) is 11.3. The van der Waals surface area contributed by atoms with E-state index in [1.807, 2.05) is 36.4 Å². The molecule has 0 saturated carbocycles. The molecule has 0 saturated heterocycles. The third-order valence-corrected chi connectivity index (χ3v) is 4.86. The first-order valence-corrected chi connectivity index (χ1v) is 8.96. The molecule has 2 unspecified atom stereocenters.